The van der Waals surface area contributed by atoms with Crippen molar-refractivity contribution in [3.8, 4) is 0 Å². The molecule has 0 saturated carbocycles. The lowest BCUT2D eigenvalue weighted by Crippen LogP contribution is -2.47. The van der Waals surface area contributed by atoms with Gasteiger partial charge in [-0.05, 0) is 24.0 Å². The predicted octanol–water partition coefficient (Wildman–Crippen LogP) is 1.59. The van der Waals surface area contributed by atoms with E-state index < -0.39 is 0 Å². The molecule has 0 atom stereocenters. The van der Waals surface area contributed by atoms with Crippen molar-refractivity contribution in [1.29, 1.82) is 0 Å². The molecule has 1 spiro atoms. The van der Waals surface area contributed by atoms with Gasteiger partial charge in [0, 0.05) is 13.1 Å². The van der Waals surface area contributed by atoms with E-state index in [9.17, 15) is 4.79 Å². The number of fused-ring (bicyclic) bond motifs is 2. The van der Waals surface area contributed by atoms with E-state index in [-0.39, 0.29) is 11.6 Å². The molecule has 90 valence electrons. The summed E-state index contributed by atoms with van der Waals surface area (Å²) in [5.74, 6) is 0. The number of rotatable bonds is 0. The van der Waals surface area contributed by atoms with Gasteiger partial charge < -0.3 is 15.4 Å². The molecule has 0 aliphatic carbocycles. The molecule has 0 unspecified atom stereocenters. The fourth-order valence-corrected chi connectivity index (χ4v) is 2.89. The van der Waals surface area contributed by atoms with Crippen LogP contribution in [0.5, 0.6) is 0 Å². The fourth-order valence-electron chi connectivity index (χ4n) is 2.89. The Hall–Kier alpha value is -1.55. The second-order valence-corrected chi connectivity index (χ2v) is 4.77. The van der Waals surface area contributed by atoms with Crippen molar-refractivity contribution in [2.45, 2.75) is 25.0 Å². The highest BCUT2D eigenvalue weighted by Crippen LogP contribution is 2.43. The largest absolute Gasteiger partial charge is 0.365 e. The Morgan fingerprint density at radius 2 is 2.00 bits per heavy atom. The molecule has 2 heterocycles. The minimum absolute atomic E-state index is 0.178. The van der Waals surface area contributed by atoms with Gasteiger partial charge in [-0.1, -0.05) is 24.3 Å². The van der Waals surface area contributed by atoms with Gasteiger partial charge in [0.1, 0.15) is 0 Å². The van der Waals surface area contributed by atoms with Gasteiger partial charge in [0.05, 0.1) is 12.2 Å². The van der Waals surface area contributed by atoms with E-state index in [1.165, 1.54) is 11.1 Å². The molecule has 2 amide bonds. The molecule has 0 radical (unpaired) electrons. The molecule has 0 aromatic heterocycles. The quantitative estimate of drug-likeness (QED) is 0.738. The number of primary amides is 1. The number of piperidine rings is 1. The highest BCUT2D eigenvalue weighted by Gasteiger charge is 2.42. The molecule has 0 bridgehead atoms. The Bertz CT molecular complexity index is 450. The lowest BCUT2D eigenvalue weighted by Gasteiger charge is -2.38. The number of hydrogen-bond donors (Lipinski definition) is 1. The molecule has 2 N–H and O–H groups in total. The van der Waals surface area contributed by atoms with Crippen LogP contribution in [0.4, 0.5) is 4.79 Å². The van der Waals surface area contributed by atoms with E-state index in [0.29, 0.717) is 19.7 Å². The van der Waals surface area contributed by atoms with E-state index in [4.69, 9.17) is 10.5 Å². The monoisotopic (exact) mass is 232 g/mol. The molecule has 4 heteroatoms. The molecule has 2 aliphatic rings. The van der Waals surface area contributed by atoms with Crippen LogP contribution in [0.15, 0.2) is 24.3 Å². The predicted molar refractivity (Wildman–Crippen MR) is 63.3 cm³/mol. The van der Waals surface area contributed by atoms with Crippen molar-refractivity contribution in [3.63, 3.8) is 0 Å². The fraction of sp³-hybridized carbons (Fsp3) is 0.462. The number of hydrogen-bond acceptors (Lipinski definition) is 2. The number of carbonyl (C=O) groups excluding carboxylic acids is 1. The summed E-state index contributed by atoms with van der Waals surface area (Å²) in [5.41, 5.74) is 7.69. The number of likely N-dealkylation sites (tertiary alicyclic amines) is 1. The number of benzene rings is 1. The number of urea groups is 1. The van der Waals surface area contributed by atoms with Crippen molar-refractivity contribution in [3.05, 3.63) is 35.4 Å². The zero-order chi connectivity index (χ0) is 11.9. The Morgan fingerprint density at radius 3 is 2.71 bits per heavy atom. The zero-order valence-corrected chi connectivity index (χ0v) is 9.69. The van der Waals surface area contributed by atoms with Gasteiger partial charge in [-0.2, -0.15) is 0 Å². The zero-order valence-electron chi connectivity index (χ0n) is 9.69. The first-order valence-electron chi connectivity index (χ1n) is 5.98. The third kappa shape index (κ3) is 1.60. The maximum atomic E-state index is 11.1. The van der Waals surface area contributed by atoms with Crippen molar-refractivity contribution >= 4 is 6.03 Å². The molecule has 17 heavy (non-hydrogen) atoms. The summed E-state index contributed by atoms with van der Waals surface area (Å²) in [6.45, 7) is 2.06. The van der Waals surface area contributed by atoms with Crippen LogP contribution >= 0.6 is 0 Å². The van der Waals surface area contributed by atoms with Gasteiger partial charge in [-0.25, -0.2) is 4.79 Å². The average Bonchev–Trinajstić information content (AvgIpc) is 2.70. The molecule has 1 saturated heterocycles. The van der Waals surface area contributed by atoms with Crippen molar-refractivity contribution in [2.75, 3.05) is 13.1 Å². The highest BCUT2D eigenvalue weighted by atomic mass is 16.5. The van der Waals surface area contributed by atoms with Gasteiger partial charge in [0.25, 0.3) is 0 Å². The minimum Gasteiger partial charge on any atom is -0.365 e. The summed E-state index contributed by atoms with van der Waals surface area (Å²) in [7, 11) is 0. The number of amides is 2. The number of ether oxygens (including phenoxy) is 1. The summed E-state index contributed by atoms with van der Waals surface area (Å²) >= 11 is 0. The van der Waals surface area contributed by atoms with E-state index in [1.807, 2.05) is 6.07 Å². The summed E-state index contributed by atoms with van der Waals surface area (Å²) in [4.78, 5) is 12.8. The summed E-state index contributed by atoms with van der Waals surface area (Å²) in [6, 6.07) is 8.02. The first kappa shape index (κ1) is 10.6. The molecule has 2 aliphatic heterocycles. The van der Waals surface area contributed by atoms with Crippen LogP contribution in [0.3, 0.4) is 0 Å². The third-order valence-corrected chi connectivity index (χ3v) is 3.89. The van der Waals surface area contributed by atoms with Gasteiger partial charge in [0.2, 0.25) is 0 Å². The molecule has 1 aromatic carbocycles. The van der Waals surface area contributed by atoms with Gasteiger partial charge in [0.15, 0.2) is 0 Å². The van der Waals surface area contributed by atoms with Crippen LogP contribution in [0, 0.1) is 0 Å². The Morgan fingerprint density at radius 1 is 1.29 bits per heavy atom. The SMILES string of the molecule is NC(=O)N1CCC2(CC1)OCc1ccccc12. The van der Waals surface area contributed by atoms with E-state index in [2.05, 4.69) is 18.2 Å². The molecule has 1 fully saturated rings. The number of nitrogens with two attached hydrogens (primary N) is 1. The van der Waals surface area contributed by atoms with Gasteiger partial charge >= 0.3 is 6.03 Å². The van der Waals surface area contributed by atoms with E-state index >= 15 is 0 Å². The maximum absolute atomic E-state index is 11.1. The van der Waals surface area contributed by atoms with Crippen molar-refractivity contribution < 1.29 is 9.53 Å². The second kappa shape index (κ2) is 3.74. The standard InChI is InChI=1S/C13H16N2O2/c14-12(16)15-7-5-13(6-8-15)11-4-2-1-3-10(11)9-17-13/h1-4H,5-9H2,(H2,14,16). The van der Waals surface area contributed by atoms with Crippen molar-refractivity contribution in [1.82, 2.24) is 4.90 Å². The molecule has 1 aromatic rings. The van der Waals surface area contributed by atoms with Crippen LogP contribution in [0.2, 0.25) is 0 Å². The Kier molecular flexibility index (Phi) is 2.33. The topological polar surface area (TPSA) is 55.6 Å². The van der Waals surface area contributed by atoms with Gasteiger partial charge in [-0.15, -0.1) is 0 Å². The lowest BCUT2D eigenvalue weighted by molar-refractivity contribution is -0.0724. The van der Waals surface area contributed by atoms with Gasteiger partial charge in [-0.3, -0.25) is 0 Å². The van der Waals surface area contributed by atoms with Crippen molar-refractivity contribution in [2.24, 2.45) is 5.73 Å². The van der Waals surface area contributed by atoms with E-state index in [1.54, 1.807) is 4.90 Å². The molecule has 3 rings (SSSR count). The lowest BCUT2D eigenvalue weighted by atomic mass is 9.84. The summed E-state index contributed by atoms with van der Waals surface area (Å²) < 4.78 is 6.00. The smallest absolute Gasteiger partial charge is 0.314 e. The normalized spacial score (nSPS) is 21.5. The summed E-state index contributed by atoms with van der Waals surface area (Å²) in [6.07, 6.45) is 1.68. The van der Waals surface area contributed by atoms with Crippen LogP contribution < -0.4 is 5.73 Å². The highest BCUT2D eigenvalue weighted by molar-refractivity contribution is 5.72. The Balaban J connectivity index is 1.85. The van der Waals surface area contributed by atoms with Crippen LogP contribution in [0.25, 0.3) is 0 Å². The van der Waals surface area contributed by atoms with Crippen LogP contribution in [-0.2, 0) is 16.9 Å². The molecular weight excluding hydrogens is 216 g/mol. The Labute approximate surface area is 100 Å². The summed E-state index contributed by atoms with van der Waals surface area (Å²) in [5, 5.41) is 0. The second-order valence-electron chi connectivity index (χ2n) is 4.77. The number of nitrogens with zero attached hydrogens (tertiary/aromatic N) is 1. The minimum atomic E-state index is -0.328. The maximum Gasteiger partial charge on any atom is 0.314 e. The van der Waals surface area contributed by atoms with Crippen LogP contribution in [0.1, 0.15) is 24.0 Å². The molecule has 4 nitrogen and oxygen atoms in total. The molecular formula is C13H16N2O2. The van der Waals surface area contributed by atoms with Crippen LogP contribution in [-0.4, -0.2) is 24.0 Å². The van der Waals surface area contributed by atoms with E-state index in [0.717, 1.165) is 12.8 Å². The first-order chi connectivity index (χ1) is 8.21. The average molecular weight is 232 g/mol. The third-order valence-electron chi connectivity index (χ3n) is 3.89. The first-order valence-corrected chi connectivity index (χ1v) is 5.98. The number of carbonyl (C=O) groups is 1.